The second-order valence-corrected chi connectivity index (χ2v) is 4.39. The highest BCUT2D eigenvalue weighted by molar-refractivity contribution is 5.68. The predicted molar refractivity (Wildman–Crippen MR) is 69.4 cm³/mol. The van der Waals surface area contributed by atoms with E-state index >= 15 is 0 Å². The van der Waals surface area contributed by atoms with Crippen LogP contribution in [-0.2, 0) is 4.74 Å². The van der Waals surface area contributed by atoms with Gasteiger partial charge in [-0.3, -0.25) is 0 Å². The molecule has 0 saturated carbocycles. The summed E-state index contributed by atoms with van der Waals surface area (Å²) in [6.45, 7) is 2.72. The molecule has 2 rings (SSSR count). The topological polar surface area (TPSA) is 56.5 Å². The van der Waals surface area contributed by atoms with Crippen LogP contribution in [0.15, 0.2) is 18.2 Å². The fourth-order valence-electron chi connectivity index (χ4n) is 2.03. The molecule has 1 fully saturated rings. The predicted octanol–water partition coefficient (Wildman–Crippen LogP) is 2.12. The summed E-state index contributed by atoms with van der Waals surface area (Å²) in [5.74, 6) is 1.48. The Morgan fingerprint density at radius 1 is 1.41 bits per heavy atom. The third kappa shape index (κ3) is 3.27. The van der Waals surface area contributed by atoms with Crippen molar-refractivity contribution in [1.29, 1.82) is 0 Å². The van der Waals surface area contributed by atoms with Crippen molar-refractivity contribution in [3.05, 3.63) is 18.2 Å². The SMILES string of the molecule is COc1ccc(NCC2CCOCC2)c(N)c1. The van der Waals surface area contributed by atoms with Crippen molar-refractivity contribution in [1.82, 2.24) is 0 Å². The Morgan fingerprint density at radius 2 is 2.18 bits per heavy atom. The van der Waals surface area contributed by atoms with Crippen molar-refractivity contribution < 1.29 is 9.47 Å². The average Bonchev–Trinajstić information content (AvgIpc) is 2.38. The molecule has 1 aliphatic rings. The highest BCUT2D eigenvalue weighted by atomic mass is 16.5. The van der Waals surface area contributed by atoms with Gasteiger partial charge in [-0.2, -0.15) is 0 Å². The van der Waals surface area contributed by atoms with Crippen molar-refractivity contribution in [3.8, 4) is 5.75 Å². The molecule has 1 aliphatic heterocycles. The first-order valence-corrected chi connectivity index (χ1v) is 6.04. The summed E-state index contributed by atoms with van der Waals surface area (Å²) < 4.78 is 10.5. The van der Waals surface area contributed by atoms with Crippen molar-refractivity contribution in [2.45, 2.75) is 12.8 Å². The molecule has 3 N–H and O–H groups in total. The molecule has 4 nitrogen and oxygen atoms in total. The third-order valence-electron chi connectivity index (χ3n) is 3.18. The van der Waals surface area contributed by atoms with Gasteiger partial charge in [0.1, 0.15) is 5.75 Å². The number of nitrogen functional groups attached to an aromatic ring is 1. The molecule has 1 aromatic carbocycles. The van der Waals surface area contributed by atoms with Gasteiger partial charge < -0.3 is 20.5 Å². The van der Waals surface area contributed by atoms with Gasteiger partial charge >= 0.3 is 0 Å². The molecule has 94 valence electrons. The molecule has 1 aromatic rings. The van der Waals surface area contributed by atoms with Gasteiger partial charge in [0.25, 0.3) is 0 Å². The molecule has 0 aliphatic carbocycles. The smallest absolute Gasteiger partial charge is 0.121 e. The first-order valence-electron chi connectivity index (χ1n) is 6.04. The van der Waals surface area contributed by atoms with Gasteiger partial charge in [-0.25, -0.2) is 0 Å². The lowest BCUT2D eigenvalue weighted by atomic mass is 10.0. The van der Waals surface area contributed by atoms with Crippen LogP contribution in [0.3, 0.4) is 0 Å². The molecule has 0 spiro atoms. The third-order valence-corrected chi connectivity index (χ3v) is 3.18. The van der Waals surface area contributed by atoms with Crippen molar-refractivity contribution in [2.24, 2.45) is 5.92 Å². The number of nitrogens with two attached hydrogens (primary N) is 1. The molecule has 0 amide bonds. The fourth-order valence-corrected chi connectivity index (χ4v) is 2.03. The number of nitrogens with one attached hydrogen (secondary N) is 1. The molecule has 0 aromatic heterocycles. The van der Waals surface area contributed by atoms with Crippen LogP contribution in [0.25, 0.3) is 0 Å². The standard InChI is InChI=1S/C13H20N2O2/c1-16-11-2-3-13(12(14)8-11)15-9-10-4-6-17-7-5-10/h2-3,8,10,15H,4-7,9,14H2,1H3. The van der Waals surface area contributed by atoms with Crippen LogP contribution in [0, 0.1) is 5.92 Å². The van der Waals surface area contributed by atoms with Gasteiger partial charge in [-0.05, 0) is 30.9 Å². The molecular formula is C13H20N2O2. The van der Waals surface area contributed by atoms with Gasteiger partial charge in [0.15, 0.2) is 0 Å². The van der Waals surface area contributed by atoms with E-state index < -0.39 is 0 Å². The van der Waals surface area contributed by atoms with Crippen molar-refractivity contribution >= 4 is 11.4 Å². The van der Waals surface area contributed by atoms with Crippen LogP contribution < -0.4 is 15.8 Å². The summed E-state index contributed by atoms with van der Waals surface area (Å²) in [5.41, 5.74) is 7.66. The highest BCUT2D eigenvalue weighted by Crippen LogP contribution is 2.25. The molecule has 17 heavy (non-hydrogen) atoms. The Labute approximate surface area is 102 Å². The maximum atomic E-state index is 5.95. The minimum absolute atomic E-state index is 0.685. The highest BCUT2D eigenvalue weighted by Gasteiger charge is 2.13. The number of rotatable bonds is 4. The first-order chi connectivity index (χ1) is 8.29. The van der Waals surface area contributed by atoms with E-state index in [4.69, 9.17) is 15.2 Å². The second-order valence-electron chi connectivity index (χ2n) is 4.39. The summed E-state index contributed by atoms with van der Waals surface area (Å²) in [7, 11) is 1.64. The number of ether oxygens (including phenoxy) is 2. The lowest BCUT2D eigenvalue weighted by Crippen LogP contribution is -2.22. The van der Waals surface area contributed by atoms with Crippen LogP contribution in [0.2, 0.25) is 0 Å². The maximum absolute atomic E-state index is 5.95. The molecule has 0 radical (unpaired) electrons. The first kappa shape index (κ1) is 12.0. The van der Waals surface area contributed by atoms with E-state index in [1.165, 1.54) is 0 Å². The lowest BCUT2D eigenvalue weighted by Gasteiger charge is -2.23. The molecule has 0 atom stereocenters. The normalized spacial score (nSPS) is 16.8. The number of anilines is 2. The zero-order chi connectivity index (χ0) is 12.1. The van der Waals surface area contributed by atoms with Gasteiger partial charge in [-0.1, -0.05) is 0 Å². The van der Waals surface area contributed by atoms with Crippen LogP contribution in [-0.4, -0.2) is 26.9 Å². The zero-order valence-electron chi connectivity index (χ0n) is 10.2. The number of benzene rings is 1. The van der Waals surface area contributed by atoms with Crippen LogP contribution in [0.1, 0.15) is 12.8 Å². The van der Waals surface area contributed by atoms with E-state index in [1.807, 2.05) is 18.2 Å². The van der Waals surface area contributed by atoms with Gasteiger partial charge in [0.2, 0.25) is 0 Å². The Morgan fingerprint density at radius 3 is 2.82 bits per heavy atom. The van der Waals surface area contributed by atoms with E-state index in [9.17, 15) is 0 Å². The molecular weight excluding hydrogens is 216 g/mol. The summed E-state index contributed by atoms with van der Waals surface area (Å²) in [5, 5.41) is 3.40. The Hall–Kier alpha value is -1.42. The van der Waals surface area contributed by atoms with Gasteiger partial charge in [-0.15, -0.1) is 0 Å². The molecule has 0 bridgehead atoms. The zero-order valence-corrected chi connectivity index (χ0v) is 10.2. The molecule has 1 saturated heterocycles. The largest absolute Gasteiger partial charge is 0.497 e. The van der Waals surface area contributed by atoms with Crippen molar-refractivity contribution in [3.63, 3.8) is 0 Å². The molecule has 1 heterocycles. The van der Waals surface area contributed by atoms with Crippen molar-refractivity contribution in [2.75, 3.05) is 37.9 Å². The van der Waals surface area contributed by atoms with E-state index in [2.05, 4.69) is 5.32 Å². The Kier molecular flexibility index (Phi) is 4.09. The summed E-state index contributed by atoms with van der Waals surface area (Å²) in [6.07, 6.45) is 2.26. The van der Waals surface area contributed by atoms with Gasteiger partial charge in [0, 0.05) is 25.8 Å². The van der Waals surface area contributed by atoms with E-state index in [1.54, 1.807) is 7.11 Å². The number of hydrogen-bond acceptors (Lipinski definition) is 4. The number of methoxy groups -OCH3 is 1. The Balaban J connectivity index is 1.89. The minimum Gasteiger partial charge on any atom is -0.497 e. The summed E-state index contributed by atoms with van der Waals surface area (Å²) in [4.78, 5) is 0. The van der Waals surface area contributed by atoms with Crippen LogP contribution in [0.4, 0.5) is 11.4 Å². The Bertz CT molecular complexity index is 362. The molecule has 0 unspecified atom stereocenters. The van der Waals surface area contributed by atoms with Crippen LogP contribution >= 0.6 is 0 Å². The molecule has 4 heteroatoms. The second kappa shape index (κ2) is 5.77. The van der Waals surface area contributed by atoms with Crippen LogP contribution in [0.5, 0.6) is 5.75 Å². The minimum atomic E-state index is 0.685. The summed E-state index contributed by atoms with van der Waals surface area (Å²) >= 11 is 0. The van der Waals surface area contributed by atoms with Gasteiger partial charge in [0.05, 0.1) is 18.5 Å². The lowest BCUT2D eigenvalue weighted by molar-refractivity contribution is 0.0699. The monoisotopic (exact) mass is 236 g/mol. The number of hydrogen-bond donors (Lipinski definition) is 2. The fraction of sp³-hybridized carbons (Fsp3) is 0.538. The van der Waals surface area contributed by atoms with E-state index in [0.29, 0.717) is 5.92 Å². The average molecular weight is 236 g/mol. The van der Waals surface area contributed by atoms with E-state index in [0.717, 1.165) is 49.7 Å². The quantitative estimate of drug-likeness (QED) is 0.786. The van der Waals surface area contributed by atoms with E-state index in [-0.39, 0.29) is 0 Å². The maximum Gasteiger partial charge on any atom is 0.121 e. The summed E-state index contributed by atoms with van der Waals surface area (Å²) in [6, 6.07) is 5.72.